The smallest absolute Gasteiger partial charge is 0.407 e. The van der Waals surface area contributed by atoms with Crippen LogP contribution in [0.25, 0.3) is 0 Å². The van der Waals surface area contributed by atoms with Gasteiger partial charge in [-0.1, -0.05) is 0 Å². The van der Waals surface area contributed by atoms with Crippen molar-refractivity contribution in [2.45, 2.75) is 0 Å². The second kappa shape index (κ2) is 1.60. The van der Waals surface area contributed by atoms with Crippen LogP contribution < -0.4 is 10.9 Å². The largest absolute Gasteiger partial charge is 0.470 e. The molecule has 1 saturated heterocycles. The van der Waals surface area contributed by atoms with Gasteiger partial charge in [0.15, 0.2) is 0 Å². The van der Waals surface area contributed by atoms with Crippen molar-refractivity contribution < 1.29 is 4.65 Å². The van der Waals surface area contributed by atoms with Gasteiger partial charge in [0, 0.05) is 13.2 Å². The van der Waals surface area contributed by atoms with E-state index in [4.69, 9.17) is 10.3 Å². The Morgan fingerprint density at radius 3 is 2.83 bits per heavy atom. The van der Waals surface area contributed by atoms with Crippen LogP contribution in [0.15, 0.2) is 0 Å². The van der Waals surface area contributed by atoms with Crippen molar-refractivity contribution in [2.75, 3.05) is 13.2 Å². The van der Waals surface area contributed by atoms with Crippen LogP contribution in [-0.2, 0) is 4.65 Å². The van der Waals surface area contributed by atoms with E-state index < -0.39 is 0 Å². The van der Waals surface area contributed by atoms with Crippen LogP contribution in [0.2, 0.25) is 0 Å². The molecular formula is C2H7BN2O. The molecule has 1 aliphatic rings. The second-order valence-electron chi connectivity index (χ2n) is 1.25. The van der Waals surface area contributed by atoms with Gasteiger partial charge >= 0.3 is 7.19 Å². The van der Waals surface area contributed by atoms with E-state index in [0.717, 1.165) is 13.2 Å². The molecule has 0 radical (unpaired) electrons. The molecule has 0 aliphatic carbocycles. The van der Waals surface area contributed by atoms with Gasteiger partial charge < -0.3 is 15.5 Å². The molecule has 4 heteroatoms. The minimum Gasteiger partial charge on any atom is -0.407 e. The van der Waals surface area contributed by atoms with Crippen LogP contribution in [0, 0.1) is 0 Å². The van der Waals surface area contributed by atoms with E-state index in [1.165, 1.54) is 0 Å². The van der Waals surface area contributed by atoms with Gasteiger partial charge in [0.25, 0.3) is 0 Å². The maximum Gasteiger partial charge on any atom is 0.470 e. The van der Waals surface area contributed by atoms with Gasteiger partial charge in [-0.15, -0.1) is 0 Å². The summed E-state index contributed by atoms with van der Waals surface area (Å²) in [5.74, 6) is 0. The van der Waals surface area contributed by atoms with Crippen molar-refractivity contribution in [1.82, 2.24) is 5.23 Å². The maximum absolute atomic E-state index is 5.20. The highest BCUT2D eigenvalue weighted by Crippen LogP contribution is 1.79. The fraction of sp³-hybridized carbons (Fsp3) is 1.00. The van der Waals surface area contributed by atoms with Crippen molar-refractivity contribution in [3.8, 4) is 0 Å². The molecule has 0 amide bonds. The summed E-state index contributed by atoms with van der Waals surface area (Å²) in [4.78, 5) is 0. The highest BCUT2D eigenvalue weighted by atomic mass is 16.5. The van der Waals surface area contributed by atoms with E-state index in [1.807, 2.05) is 0 Å². The lowest BCUT2D eigenvalue weighted by atomic mass is 10.1. The van der Waals surface area contributed by atoms with E-state index in [0.29, 0.717) is 0 Å². The van der Waals surface area contributed by atoms with Crippen LogP contribution in [-0.4, -0.2) is 20.3 Å². The van der Waals surface area contributed by atoms with Crippen molar-refractivity contribution in [3.05, 3.63) is 0 Å². The lowest BCUT2D eigenvalue weighted by molar-refractivity contribution is 0.370. The third kappa shape index (κ3) is 0.709. The lowest BCUT2D eigenvalue weighted by Crippen LogP contribution is -2.38. The molecule has 0 atom stereocenters. The topological polar surface area (TPSA) is 47.3 Å². The van der Waals surface area contributed by atoms with Crippen molar-refractivity contribution >= 4 is 7.19 Å². The molecule has 1 fully saturated rings. The third-order valence-corrected chi connectivity index (χ3v) is 0.745. The van der Waals surface area contributed by atoms with E-state index in [1.54, 1.807) is 0 Å². The van der Waals surface area contributed by atoms with E-state index >= 15 is 0 Å². The molecule has 3 nitrogen and oxygen atoms in total. The van der Waals surface area contributed by atoms with Crippen molar-refractivity contribution in [2.24, 2.45) is 5.64 Å². The van der Waals surface area contributed by atoms with Gasteiger partial charge in [0.1, 0.15) is 0 Å². The molecule has 0 aromatic heterocycles. The summed E-state index contributed by atoms with van der Waals surface area (Å²) in [6.07, 6.45) is 0. The minimum absolute atomic E-state index is 0.204. The summed E-state index contributed by atoms with van der Waals surface area (Å²) in [6.45, 7) is 1.64. The molecule has 0 saturated carbocycles. The molecule has 0 unspecified atom stereocenters. The average molecular weight is 85.9 g/mol. The van der Waals surface area contributed by atoms with Gasteiger partial charge in [-0.25, -0.2) is 0 Å². The number of nitrogens with two attached hydrogens (primary N) is 1. The van der Waals surface area contributed by atoms with Gasteiger partial charge in [-0.05, 0) is 0 Å². The standard InChI is InChI=1S/C2H7BN2O/c4-3-5-1-2-6-3/h5H,1-2,4H2. The zero-order valence-corrected chi connectivity index (χ0v) is 3.48. The Morgan fingerprint density at radius 1 is 1.83 bits per heavy atom. The molecule has 0 bridgehead atoms. The first-order valence-electron chi connectivity index (χ1n) is 2.00. The minimum atomic E-state index is -0.204. The molecular weight excluding hydrogens is 78.8 g/mol. The molecule has 1 rings (SSSR count). The summed E-state index contributed by atoms with van der Waals surface area (Å²) >= 11 is 0. The molecule has 1 heterocycles. The predicted octanol–water partition coefficient (Wildman–Crippen LogP) is -1.45. The summed E-state index contributed by atoms with van der Waals surface area (Å²) in [6, 6.07) is 0. The fourth-order valence-corrected chi connectivity index (χ4v) is 0.446. The highest BCUT2D eigenvalue weighted by molar-refractivity contribution is 6.45. The average Bonchev–Trinajstić information content (AvgIpc) is 1.86. The second-order valence-corrected chi connectivity index (χ2v) is 1.25. The molecule has 0 aromatic rings. The zero-order chi connectivity index (χ0) is 4.41. The molecule has 6 heavy (non-hydrogen) atoms. The Kier molecular flexibility index (Phi) is 1.09. The van der Waals surface area contributed by atoms with E-state index in [2.05, 4.69) is 5.23 Å². The Balaban J connectivity index is 2.18. The quantitative estimate of drug-likeness (QED) is 0.354. The maximum atomic E-state index is 5.20. The first kappa shape index (κ1) is 4.11. The van der Waals surface area contributed by atoms with Crippen LogP contribution >= 0.6 is 0 Å². The Morgan fingerprint density at radius 2 is 2.67 bits per heavy atom. The van der Waals surface area contributed by atoms with Crippen molar-refractivity contribution in [3.63, 3.8) is 0 Å². The summed E-state index contributed by atoms with van der Waals surface area (Å²) in [5, 5.41) is 2.88. The fourth-order valence-electron chi connectivity index (χ4n) is 0.446. The van der Waals surface area contributed by atoms with E-state index in [9.17, 15) is 0 Å². The van der Waals surface area contributed by atoms with Crippen LogP contribution in [0.4, 0.5) is 0 Å². The normalized spacial score (nSPS) is 22.5. The molecule has 1 aliphatic heterocycles. The van der Waals surface area contributed by atoms with Crippen molar-refractivity contribution in [1.29, 1.82) is 0 Å². The van der Waals surface area contributed by atoms with Gasteiger partial charge in [-0.3, -0.25) is 0 Å². The van der Waals surface area contributed by atoms with Crippen LogP contribution in [0.5, 0.6) is 0 Å². The Bertz CT molecular complexity index is 44.8. The summed E-state index contributed by atoms with van der Waals surface area (Å²) in [5.41, 5.74) is 5.20. The predicted molar refractivity (Wildman–Crippen MR) is 23.9 cm³/mol. The van der Waals surface area contributed by atoms with E-state index in [-0.39, 0.29) is 7.19 Å². The van der Waals surface area contributed by atoms with Gasteiger partial charge in [-0.2, -0.15) is 0 Å². The first-order valence-corrected chi connectivity index (χ1v) is 2.00. The lowest BCUT2D eigenvalue weighted by Gasteiger charge is -1.88. The molecule has 0 aromatic carbocycles. The monoisotopic (exact) mass is 86.1 g/mol. The molecule has 34 valence electrons. The number of nitrogens with one attached hydrogen (secondary N) is 1. The SMILES string of the molecule is NB1NCCO1. The van der Waals surface area contributed by atoms with Gasteiger partial charge in [0.05, 0.1) is 0 Å². The highest BCUT2D eigenvalue weighted by Gasteiger charge is 2.14. The first-order chi connectivity index (χ1) is 2.89. The molecule has 0 spiro atoms. The van der Waals surface area contributed by atoms with Crippen LogP contribution in [0.1, 0.15) is 0 Å². The number of hydrogen-bond acceptors (Lipinski definition) is 3. The summed E-state index contributed by atoms with van der Waals surface area (Å²) in [7, 11) is -0.204. The van der Waals surface area contributed by atoms with Gasteiger partial charge in [0.2, 0.25) is 0 Å². The third-order valence-electron chi connectivity index (χ3n) is 0.745. The Labute approximate surface area is 37.0 Å². The van der Waals surface area contributed by atoms with Crippen LogP contribution in [0.3, 0.4) is 0 Å². The zero-order valence-electron chi connectivity index (χ0n) is 3.48. The molecule has 3 N–H and O–H groups in total. The summed E-state index contributed by atoms with van der Waals surface area (Å²) < 4.78 is 4.82. The Hall–Kier alpha value is -0.0551. The number of rotatable bonds is 0. The number of hydrogen-bond donors (Lipinski definition) is 2.